The van der Waals surface area contributed by atoms with E-state index in [4.69, 9.17) is 10.1 Å². The molecule has 76 valence electrons. The van der Waals surface area contributed by atoms with Gasteiger partial charge in [0.25, 0.3) is 0 Å². The number of rotatable bonds is 1. The molecular formula is C12H12N2O. The number of benzene rings is 1. The number of nitrogens with zero attached hydrogens (tertiary/aromatic N) is 1. The summed E-state index contributed by atoms with van der Waals surface area (Å²) in [4.78, 5) is 4.92. The Balaban J connectivity index is 2.40. The molecule has 3 nitrogen and oxygen atoms in total. The van der Waals surface area contributed by atoms with Crippen molar-refractivity contribution in [3.05, 3.63) is 47.2 Å². The quantitative estimate of drug-likeness (QED) is 0.754. The largest absolute Gasteiger partial charge is 0.417 e. The van der Waals surface area contributed by atoms with Crippen LogP contribution >= 0.6 is 0 Å². The van der Waals surface area contributed by atoms with E-state index in [0.717, 1.165) is 17.7 Å². The minimum absolute atomic E-state index is 0.284. The summed E-state index contributed by atoms with van der Waals surface area (Å²) in [7, 11) is 0. The Morgan fingerprint density at radius 1 is 1.53 bits per heavy atom. The molecule has 3 heteroatoms. The Bertz CT molecular complexity index is 432. The zero-order chi connectivity index (χ0) is 10.7. The van der Waals surface area contributed by atoms with Crippen LogP contribution in [-0.2, 0) is 4.84 Å². The Morgan fingerprint density at radius 3 is 3.07 bits per heavy atom. The van der Waals surface area contributed by atoms with Gasteiger partial charge < -0.3 is 4.84 Å². The average Bonchev–Trinajstić information content (AvgIpc) is 2.30. The maximum absolute atomic E-state index is 8.93. The highest BCUT2D eigenvalue weighted by Gasteiger charge is 2.14. The minimum Gasteiger partial charge on any atom is -0.417 e. The van der Waals surface area contributed by atoms with Crippen LogP contribution in [0, 0.1) is 18.3 Å². The van der Waals surface area contributed by atoms with Gasteiger partial charge in [0.05, 0.1) is 11.6 Å². The first-order chi connectivity index (χ1) is 7.33. The monoisotopic (exact) mass is 200 g/mol. The molecule has 1 aliphatic rings. The van der Waals surface area contributed by atoms with Gasteiger partial charge in [0, 0.05) is 12.5 Å². The summed E-state index contributed by atoms with van der Waals surface area (Å²) in [5.41, 5.74) is 5.81. The fraction of sp³-hybridized carbons (Fsp3) is 0.250. The molecule has 0 aliphatic carbocycles. The van der Waals surface area contributed by atoms with Gasteiger partial charge in [0.2, 0.25) is 0 Å². The van der Waals surface area contributed by atoms with E-state index in [2.05, 4.69) is 17.6 Å². The summed E-state index contributed by atoms with van der Waals surface area (Å²) in [5, 5.41) is 8.93. The van der Waals surface area contributed by atoms with Crippen LogP contribution in [-0.4, -0.2) is 6.54 Å². The van der Waals surface area contributed by atoms with E-state index in [1.54, 1.807) is 6.26 Å². The van der Waals surface area contributed by atoms with E-state index >= 15 is 0 Å². The van der Waals surface area contributed by atoms with Crippen LogP contribution in [0.1, 0.15) is 22.6 Å². The van der Waals surface area contributed by atoms with Gasteiger partial charge in [0.1, 0.15) is 6.26 Å². The highest BCUT2D eigenvalue weighted by molar-refractivity contribution is 5.44. The molecule has 1 heterocycles. The second kappa shape index (κ2) is 4.16. The summed E-state index contributed by atoms with van der Waals surface area (Å²) in [5.74, 6) is 0.284. The maximum atomic E-state index is 8.93. The molecule has 1 aromatic rings. The zero-order valence-corrected chi connectivity index (χ0v) is 8.53. The lowest BCUT2D eigenvalue weighted by molar-refractivity contribution is 0.118. The number of hydroxylamine groups is 1. The summed E-state index contributed by atoms with van der Waals surface area (Å²) >= 11 is 0. The molecule has 0 spiro atoms. The van der Waals surface area contributed by atoms with E-state index < -0.39 is 0 Å². The van der Waals surface area contributed by atoms with Gasteiger partial charge in [-0.3, -0.25) is 0 Å². The van der Waals surface area contributed by atoms with E-state index in [9.17, 15) is 0 Å². The van der Waals surface area contributed by atoms with Gasteiger partial charge in [-0.05, 0) is 30.2 Å². The van der Waals surface area contributed by atoms with Crippen LogP contribution in [0.5, 0.6) is 0 Å². The van der Waals surface area contributed by atoms with Gasteiger partial charge in [-0.15, -0.1) is 0 Å². The molecule has 1 atom stereocenters. The van der Waals surface area contributed by atoms with Crippen LogP contribution < -0.4 is 5.48 Å². The normalized spacial score (nSPS) is 19.3. The summed E-state index contributed by atoms with van der Waals surface area (Å²) in [6.45, 7) is 2.73. The number of hydrogen-bond acceptors (Lipinski definition) is 3. The summed E-state index contributed by atoms with van der Waals surface area (Å²) < 4.78 is 0. The first-order valence-electron chi connectivity index (χ1n) is 4.87. The molecule has 0 radical (unpaired) electrons. The van der Waals surface area contributed by atoms with Crippen LogP contribution in [0.15, 0.2) is 30.5 Å². The lowest BCUT2D eigenvalue weighted by atomic mass is 9.92. The number of hydrogen-bond donors (Lipinski definition) is 1. The number of nitriles is 1. The molecule has 0 amide bonds. The van der Waals surface area contributed by atoms with Crippen LogP contribution in [0.3, 0.4) is 0 Å². The molecule has 1 aromatic carbocycles. The second-order valence-corrected chi connectivity index (χ2v) is 3.53. The fourth-order valence-electron chi connectivity index (χ4n) is 1.78. The first kappa shape index (κ1) is 9.75. The molecule has 0 aromatic heterocycles. The lowest BCUT2D eigenvalue weighted by Crippen LogP contribution is -2.23. The predicted molar refractivity (Wildman–Crippen MR) is 56.9 cm³/mol. The first-order valence-corrected chi connectivity index (χ1v) is 4.87. The lowest BCUT2D eigenvalue weighted by Gasteiger charge is -2.19. The Kier molecular flexibility index (Phi) is 2.70. The van der Waals surface area contributed by atoms with Crippen molar-refractivity contribution in [2.24, 2.45) is 0 Å². The van der Waals surface area contributed by atoms with Gasteiger partial charge >= 0.3 is 0 Å². The fourth-order valence-corrected chi connectivity index (χ4v) is 1.78. The molecule has 15 heavy (non-hydrogen) atoms. The van der Waals surface area contributed by atoms with E-state index in [1.165, 1.54) is 5.56 Å². The third-order valence-electron chi connectivity index (χ3n) is 2.66. The Hall–Kier alpha value is -1.79. The molecule has 0 bridgehead atoms. The highest BCUT2D eigenvalue weighted by Crippen LogP contribution is 2.24. The average molecular weight is 200 g/mol. The smallest absolute Gasteiger partial charge is 0.107 e. The molecule has 1 aliphatic heterocycles. The van der Waals surface area contributed by atoms with Crippen molar-refractivity contribution in [1.82, 2.24) is 5.48 Å². The van der Waals surface area contributed by atoms with Crippen molar-refractivity contribution >= 4 is 0 Å². The molecule has 0 saturated carbocycles. The molecule has 0 saturated heterocycles. The Morgan fingerprint density at radius 2 is 2.40 bits per heavy atom. The summed E-state index contributed by atoms with van der Waals surface area (Å²) in [6, 6.07) is 8.02. The van der Waals surface area contributed by atoms with Gasteiger partial charge in [-0.1, -0.05) is 12.1 Å². The van der Waals surface area contributed by atoms with E-state index in [-0.39, 0.29) is 5.92 Å². The van der Waals surface area contributed by atoms with Crippen molar-refractivity contribution < 1.29 is 4.84 Å². The van der Waals surface area contributed by atoms with Gasteiger partial charge in [0.15, 0.2) is 0 Å². The zero-order valence-electron chi connectivity index (χ0n) is 8.53. The third kappa shape index (κ3) is 1.85. The van der Waals surface area contributed by atoms with Gasteiger partial charge in [-0.2, -0.15) is 10.7 Å². The topological polar surface area (TPSA) is 45.0 Å². The van der Waals surface area contributed by atoms with Crippen molar-refractivity contribution in [1.29, 1.82) is 5.26 Å². The van der Waals surface area contributed by atoms with Crippen LogP contribution in [0.25, 0.3) is 0 Å². The third-order valence-corrected chi connectivity index (χ3v) is 2.66. The van der Waals surface area contributed by atoms with Crippen LogP contribution in [0.2, 0.25) is 0 Å². The SMILES string of the molecule is Cc1c(C#N)cccc1C1C=CONC1. The number of nitrogens with one attached hydrogen (secondary N) is 1. The molecule has 1 N–H and O–H groups in total. The minimum atomic E-state index is 0.284. The van der Waals surface area contributed by atoms with Crippen molar-refractivity contribution in [3.63, 3.8) is 0 Å². The molecule has 1 unspecified atom stereocenters. The van der Waals surface area contributed by atoms with E-state index in [1.807, 2.05) is 25.1 Å². The standard InChI is InChI=1S/C12H12N2O/c1-9-10(7-13)3-2-4-12(9)11-5-6-15-14-8-11/h2-6,11,14H,8H2,1H3. The van der Waals surface area contributed by atoms with Crippen LogP contribution in [0.4, 0.5) is 0 Å². The van der Waals surface area contributed by atoms with Crippen molar-refractivity contribution in [3.8, 4) is 6.07 Å². The van der Waals surface area contributed by atoms with Crippen molar-refractivity contribution in [2.45, 2.75) is 12.8 Å². The second-order valence-electron chi connectivity index (χ2n) is 3.53. The molecular weight excluding hydrogens is 188 g/mol. The maximum Gasteiger partial charge on any atom is 0.107 e. The van der Waals surface area contributed by atoms with Crippen molar-refractivity contribution in [2.75, 3.05) is 6.54 Å². The van der Waals surface area contributed by atoms with E-state index in [0.29, 0.717) is 0 Å². The summed E-state index contributed by atoms with van der Waals surface area (Å²) in [6.07, 6.45) is 3.65. The predicted octanol–water partition coefficient (Wildman–Crippen LogP) is 2.00. The molecule has 0 fully saturated rings. The van der Waals surface area contributed by atoms with Gasteiger partial charge in [-0.25, -0.2) is 0 Å². The highest BCUT2D eigenvalue weighted by atomic mass is 16.6. The molecule has 2 rings (SSSR count). The Labute approximate surface area is 88.9 Å².